The van der Waals surface area contributed by atoms with E-state index in [0.29, 0.717) is 19.1 Å². The number of nitrogens with zero attached hydrogens (tertiary/aromatic N) is 3. The van der Waals surface area contributed by atoms with Crippen molar-refractivity contribution in [1.82, 2.24) is 14.5 Å². The van der Waals surface area contributed by atoms with E-state index in [9.17, 15) is 4.79 Å². The second-order valence-electron chi connectivity index (χ2n) is 16.5. The number of fused-ring (bicyclic) bond motifs is 3. The average molecular weight is 774 g/mol. The first kappa shape index (κ1) is 37.4. The molecule has 0 bridgehead atoms. The van der Waals surface area contributed by atoms with Crippen molar-refractivity contribution >= 4 is 30.0 Å². The van der Waals surface area contributed by atoms with Gasteiger partial charge in [0.05, 0.1) is 12.8 Å². The number of ether oxygens (including phenoxy) is 1. The number of nitrogens with one attached hydrogen (secondary N) is 2. The van der Waals surface area contributed by atoms with E-state index >= 15 is 4.21 Å². The SMILES string of the molecule is CC(C)(C)[Si](C)(C)OC[C@@H]1COc2c([S@@](=O)(=NC(=O)Nc3c4c(cc5c3CCC5)CCC4)NC(c3ccccc3)(c3ccccc3)c3ccccc3)cnn21. The molecule has 0 saturated carbocycles. The van der Waals surface area contributed by atoms with E-state index in [1.807, 2.05) is 91.0 Å². The molecule has 2 heterocycles. The number of urea groups is 1. The number of aryl methyl sites for hydroxylation is 2. The van der Waals surface area contributed by atoms with Gasteiger partial charge in [0.25, 0.3) is 0 Å². The molecule has 3 aliphatic rings. The Balaban J connectivity index is 1.29. The molecule has 2 N–H and O–H groups in total. The van der Waals surface area contributed by atoms with Gasteiger partial charge in [0.15, 0.2) is 18.2 Å². The highest BCUT2D eigenvalue weighted by atomic mass is 32.2. The van der Waals surface area contributed by atoms with Crippen LogP contribution in [0, 0.1) is 0 Å². The number of rotatable bonds is 10. The van der Waals surface area contributed by atoms with Gasteiger partial charge in [-0.25, -0.2) is 18.4 Å². The van der Waals surface area contributed by atoms with Crippen LogP contribution < -0.4 is 14.8 Å². The summed E-state index contributed by atoms with van der Waals surface area (Å²) in [5.41, 5.74) is 7.07. The predicted molar refractivity (Wildman–Crippen MR) is 221 cm³/mol. The van der Waals surface area contributed by atoms with Crippen LogP contribution in [0.1, 0.15) is 78.6 Å². The zero-order chi connectivity index (χ0) is 38.4. The summed E-state index contributed by atoms with van der Waals surface area (Å²) in [5, 5.41) is 7.97. The smallest absolute Gasteiger partial charge is 0.354 e. The van der Waals surface area contributed by atoms with Gasteiger partial charge < -0.3 is 14.5 Å². The minimum Gasteiger partial charge on any atom is -0.475 e. The van der Waals surface area contributed by atoms with Gasteiger partial charge in [-0.05, 0) is 95.6 Å². The van der Waals surface area contributed by atoms with E-state index < -0.39 is 29.8 Å². The lowest BCUT2D eigenvalue weighted by molar-refractivity contribution is 0.208. The van der Waals surface area contributed by atoms with E-state index in [-0.39, 0.29) is 16.0 Å². The van der Waals surface area contributed by atoms with Gasteiger partial charge in [-0.3, -0.25) is 0 Å². The number of benzene rings is 4. The Morgan fingerprint density at radius 1 is 0.873 bits per heavy atom. The molecule has 2 atom stereocenters. The highest BCUT2D eigenvalue weighted by molar-refractivity contribution is 7.92. The maximum Gasteiger partial charge on any atom is 0.354 e. The van der Waals surface area contributed by atoms with Gasteiger partial charge in [0.1, 0.15) is 23.1 Å². The zero-order valence-electron chi connectivity index (χ0n) is 32.4. The quantitative estimate of drug-likeness (QED) is 0.109. The zero-order valence-corrected chi connectivity index (χ0v) is 34.2. The lowest BCUT2D eigenvalue weighted by Crippen LogP contribution is -2.48. The molecular weight excluding hydrogens is 723 g/mol. The van der Waals surface area contributed by atoms with Crippen molar-refractivity contribution < 1.29 is 18.2 Å². The van der Waals surface area contributed by atoms with Crippen LogP contribution in [0.4, 0.5) is 10.5 Å². The summed E-state index contributed by atoms with van der Waals surface area (Å²) >= 11 is 0. The van der Waals surface area contributed by atoms with E-state index in [4.69, 9.17) is 14.3 Å². The third-order valence-electron chi connectivity index (χ3n) is 12.0. The maximum absolute atomic E-state index is 16.3. The fraction of sp³-hybridized carbons (Fsp3) is 0.364. The average Bonchev–Trinajstić information content (AvgIpc) is 4.00. The normalized spacial score (nSPS) is 17.5. The van der Waals surface area contributed by atoms with Crippen LogP contribution in [-0.4, -0.2) is 41.6 Å². The molecule has 2 amide bonds. The molecule has 9 nitrogen and oxygen atoms in total. The van der Waals surface area contributed by atoms with Crippen LogP contribution >= 0.6 is 0 Å². The van der Waals surface area contributed by atoms with Gasteiger partial charge in [-0.1, -0.05) is 118 Å². The van der Waals surface area contributed by atoms with Crippen LogP contribution in [0.5, 0.6) is 5.88 Å². The van der Waals surface area contributed by atoms with Gasteiger partial charge in [-0.15, -0.1) is 4.36 Å². The summed E-state index contributed by atoms with van der Waals surface area (Å²) < 4.78 is 39.3. The highest BCUT2D eigenvalue weighted by Gasteiger charge is 2.44. The first-order valence-corrected chi connectivity index (χ1v) is 23.9. The van der Waals surface area contributed by atoms with Gasteiger partial charge >= 0.3 is 6.03 Å². The van der Waals surface area contributed by atoms with Crippen LogP contribution in [0.15, 0.2) is 113 Å². The Kier molecular flexibility index (Phi) is 9.86. The maximum atomic E-state index is 16.3. The molecule has 0 radical (unpaired) electrons. The summed E-state index contributed by atoms with van der Waals surface area (Å²) in [7, 11) is -5.95. The second kappa shape index (κ2) is 14.5. The first-order chi connectivity index (χ1) is 26.4. The Morgan fingerprint density at radius 2 is 1.40 bits per heavy atom. The lowest BCUT2D eigenvalue weighted by atomic mass is 9.78. The third kappa shape index (κ3) is 6.85. The summed E-state index contributed by atoms with van der Waals surface area (Å²) in [6.45, 7) is 11.8. The Labute approximate surface area is 326 Å². The molecule has 0 saturated heterocycles. The Bertz CT molecular complexity index is 2200. The van der Waals surface area contributed by atoms with Crippen molar-refractivity contribution in [2.24, 2.45) is 4.36 Å². The lowest BCUT2D eigenvalue weighted by Gasteiger charge is -2.37. The molecule has 4 aromatic carbocycles. The molecule has 55 heavy (non-hydrogen) atoms. The van der Waals surface area contributed by atoms with Gasteiger partial charge in [0.2, 0.25) is 5.88 Å². The summed E-state index contributed by atoms with van der Waals surface area (Å²) in [4.78, 5) is 14.7. The van der Waals surface area contributed by atoms with Crippen molar-refractivity contribution in [3.05, 3.63) is 142 Å². The molecule has 1 aliphatic heterocycles. The van der Waals surface area contributed by atoms with Crippen molar-refractivity contribution in [2.45, 2.75) is 93.9 Å². The summed E-state index contributed by atoms with van der Waals surface area (Å²) in [6, 6.07) is 31.2. The number of carbonyl (C=O) groups excluding carboxylic acids is 1. The van der Waals surface area contributed by atoms with Crippen molar-refractivity contribution in [2.75, 3.05) is 18.5 Å². The van der Waals surface area contributed by atoms with Crippen LogP contribution in [-0.2, 0) is 45.6 Å². The Hall–Kier alpha value is -4.55. The molecule has 5 aromatic rings. The van der Waals surface area contributed by atoms with Crippen molar-refractivity contribution in [3.8, 4) is 5.88 Å². The van der Waals surface area contributed by atoms with Crippen LogP contribution in [0.3, 0.4) is 0 Å². The van der Waals surface area contributed by atoms with E-state index in [0.717, 1.165) is 60.9 Å². The van der Waals surface area contributed by atoms with Crippen molar-refractivity contribution in [1.29, 1.82) is 0 Å². The van der Waals surface area contributed by atoms with Gasteiger partial charge in [0, 0.05) is 5.69 Å². The largest absolute Gasteiger partial charge is 0.475 e. The van der Waals surface area contributed by atoms with Crippen molar-refractivity contribution in [3.63, 3.8) is 0 Å². The third-order valence-corrected chi connectivity index (χ3v) is 18.4. The summed E-state index contributed by atoms with van der Waals surface area (Å²) in [6.07, 6.45) is 7.42. The number of aromatic nitrogens is 2. The molecule has 8 rings (SSSR count). The van der Waals surface area contributed by atoms with E-state index in [1.165, 1.54) is 22.3 Å². The molecule has 0 fully saturated rings. The van der Waals surface area contributed by atoms with Crippen LogP contribution in [0.25, 0.3) is 0 Å². The fourth-order valence-electron chi connectivity index (χ4n) is 8.10. The standard InChI is InChI=1S/C44H51N5O4SSi/c1-43(2,3)55(4,5)53-30-36-29-52-41-39(28-45-49(36)41)54(51,47-42(50)46-40-37-25-15-17-31(37)27-32-18-16-26-38(32)40)48-44(33-19-9-6-10-20-33,34-21-11-7-12-22-34)35-23-13-8-14-24-35/h6-14,19-24,27-28,36H,15-18,25-26,29-30H2,1-5H3,(H2,46,47,48,50,51)/t36-,54+/m0/s1. The predicted octanol–water partition coefficient (Wildman–Crippen LogP) is 9.37. The minimum absolute atomic E-state index is 0.0314. The molecule has 11 heteroatoms. The number of hydrogen-bond acceptors (Lipinski definition) is 5. The molecular formula is C44H51N5O4SSi. The number of amides is 2. The first-order valence-electron chi connectivity index (χ1n) is 19.4. The number of carbonyl (C=O) groups is 1. The topological polar surface area (TPSA) is 107 Å². The molecule has 2 aliphatic carbocycles. The monoisotopic (exact) mass is 773 g/mol. The Morgan fingerprint density at radius 3 is 1.91 bits per heavy atom. The number of hydrogen-bond donors (Lipinski definition) is 2. The van der Waals surface area contributed by atoms with E-state index in [1.54, 1.807) is 10.9 Å². The minimum atomic E-state index is -3.87. The molecule has 0 unspecified atom stereocenters. The molecule has 286 valence electrons. The van der Waals surface area contributed by atoms with Crippen LogP contribution in [0.2, 0.25) is 18.1 Å². The van der Waals surface area contributed by atoms with Gasteiger partial charge in [-0.2, -0.15) is 5.10 Å². The second-order valence-corrected chi connectivity index (χ2v) is 23.2. The summed E-state index contributed by atoms with van der Waals surface area (Å²) in [5.74, 6) is 0.322. The number of anilines is 1. The fourth-order valence-corrected chi connectivity index (χ4v) is 11.0. The molecule has 1 aromatic heterocycles. The van der Waals surface area contributed by atoms with E-state index in [2.05, 4.69) is 54.3 Å². The molecule has 0 spiro atoms. The highest BCUT2D eigenvalue weighted by Crippen LogP contribution is 2.43.